The molecule has 0 rings (SSSR count). The Kier molecular flexibility index (Phi) is 7.33. The highest BCUT2D eigenvalue weighted by atomic mass is 16.1. The summed E-state index contributed by atoms with van der Waals surface area (Å²) < 4.78 is 0. The van der Waals surface area contributed by atoms with Crippen LogP contribution >= 0.6 is 0 Å². The molecule has 0 spiro atoms. The first-order chi connectivity index (χ1) is 6.22. The van der Waals surface area contributed by atoms with Crippen LogP contribution in [0.4, 0.5) is 0 Å². The Balaban J connectivity index is 3.88. The molecule has 0 N–H and O–H groups in total. The van der Waals surface area contributed by atoms with Crippen molar-refractivity contribution in [2.75, 3.05) is 0 Å². The summed E-state index contributed by atoms with van der Waals surface area (Å²) in [6.45, 7) is 6.41. The van der Waals surface area contributed by atoms with Gasteiger partial charge in [0.05, 0.1) is 0 Å². The number of carbonyl (C=O) groups excluding carboxylic acids is 1. The minimum atomic E-state index is 0.558. The van der Waals surface area contributed by atoms with Crippen LogP contribution in [-0.2, 0) is 4.79 Å². The summed E-state index contributed by atoms with van der Waals surface area (Å²) in [5.41, 5.74) is 4.56. The molecule has 0 aromatic carbocycles. The smallest absolute Gasteiger partial charge is 0.119 e. The predicted molar refractivity (Wildman–Crippen MR) is 56.6 cm³/mol. The third-order valence-electron chi connectivity index (χ3n) is 2.23. The summed E-state index contributed by atoms with van der Waals surface area (Å²) in [7, 11) is 0. The van der Waals surface area contributed by atoms with Gasteiger partial charge in [-0.1, -0.05) is 13.8 Å². The molecule has 1 nitrogen and oxygen atoms in total. The maximum absolute atomic E-state index is 10.1. The van der Waals surface area contributed by atoms with Crippen LogP contribution in [0.3, 0.4) is 0 Å². The molecule has 0 bridgehead atoms. The Hall–Kier alpha value is -0.810. The van der Waals surface area contributed by atoms with E-state index in [-0.39, 0.29) is 0 Å². The molecule has 0 heterocycles. The average molecular weight is 180 g/mol. The molecule has 0 radical (unpaired) electrons. The number of unbranched alkanes of at least 4 members (excludes halogenated alkanes) is 1. The molecule has 0 aromatic heterocycles. The third kappa shape index (κ3) is 6.36. The van der Waals surface area contributed by atoms with E-state index in [1.807, 2.05) is 0 Å². The van der Waals surface area contributed by atoms with Crippen LogP contribution in [0.5, 0.6) is 0 Å². The normalized spacial score (nSPS) is 11.6. The van der Waals surface area contributed by atoms with E-state index < -0.39 is 0 Å². The van der Waals surface area contributed by atoms with Gasteiger partial charge in [-0.3, -0.25) is 0 Å². The molecule has 1 atom stereocenters. The first kappa shape index (κ1) is 12.2. The molecule has 0 saturated carbocycles. The zero-order valence-corrected chi connectivity index (χ0v) is 8.97. The van der Waals surface area contributed by atoms with Crippen LogP contribution < -0.4 is 0 Å². The van der Waals surface area contributed by atoms with Gasteiger partial charge in [0.15, 0.2) is 0 Å². The molecule has 13 heavy (non-hydrogen) atoms. The van der Waals surface area contributed by atoms with E-state index in [1.165, 1.54) is 5.57 Å². The molecule has 0 saturated heterocycles. The van der Waals surface area contributed by atoms with E-state index in [0.29, 0.717) is 12.3 Å². The second kappa shape index (κ2) is 7.82. The van der Waals surface area contributed by atoms with Gasteiger partial charge in [0, 0.05) is 6.42 Å². The van der Waals surface area contributed by atoms with Crippen molar-refractivity contribution in [1.82, 2.24) is 0 Å². The Morgan fingerprint density at radius 1 is 1.54 bits per heavy atom. The Bertz CT molecular complexity index is 197. The molecule has 0 aliphatic rings. The Morgan fingerprint density at radius 2 is 2.23 bits per heavy atom. The van der Waals surface area contributed by atoms with Crippen LogP contribution in [0.15, 0.2) is 17.4 Å². The number of aldehydes is 1. The minimum absolute atomic E-state index is 0.558. The largest absolute Gasteiger partial charge is 0.303 e. The fraction of sp³-hybridized carbons (Fsp3) is 0.667. The van der Waals surface area contributed by atoms with Crippen molar-refractivity contribution in [3.8, 4) is 0 Å². The van der Waals surface area contributed by atoms with E-state index in [4.69, 9.17) is 0 Å². The fourth-order valence-electron chi connectivity index (χ4n) is 1.13. The zero-order chi connectivity index (χ0) is 10.1. The predicted octanol–water partition coefficient (Wildman–Crippen LogP) is 3.50. The molecular formula is C12H20O. The summed E-state index contributed by atoms with van der Waals surface area (Å²) in [5.74, 6) is 0.558. The first-order valence-electron chi connectivity index (χ1n) is 5.07. The molecule has 1 unspecified atom stereocenters. The van der Waals surface area contributed by atoms with Gasteiger partial charge in [-0.05, 0) is 43.8 Å². The monoisotopic (exact) mass is 180 g/mol. The van der Waals surface area contributed by atoms with Gasteiger partial charge in [0.25, 0.3) is 0 Å². The maximum atomic E-state index is 10.1. The fourth-order valence-corrected chi connectivity index (χ4v) is 1.13. The summed E-state index contributed by atoms with van der Waals surface area (Å²) in [6.07, 6.45) is 6.87. The highest BCUT2D eigenvalue weighted by Crippen LogP contribution is 2.15. The van der Waals surface area contributed by atoms with Crippen LogP contribution in [-0.4, -0.2) is 6.29 Å². The lowest BCUT2D eigenvalue weighted by Gasteiger charge is -2.08. The first-order valence-corrected chi connectivity index (χ1v) is 5.07. The molecule has 74 valence electrons. The molecule has 1 heteroatoms. The van der Waals surface area contributed by atoms with Crippen molar-refractivity contribution in [3.63, 3.8) is 0 Å². The van der Waals surface area contributed by atoms with Crippen molar-refractivity contribution in [3.05, 3.63) is 17.4 Å². The molecule has 0 aromatic rings. The van der Waals surface area contributed by atoms with Crippen molar-refractivity contribution in [2.24, 2.45) is 5.92 Å². The number of hydrogen-bond donors (Lipinski definition) is 0. The number of allylic oxidation sites excluding steroid dienone is 1. The van der Waals surface area contributed by atoms with Crippen molar-refractivity contribution < 1.29 is 4.79 Å². The molecule has 0 aliphatic carbocycles. The van der Waals surface area contributed by atoms with Gasteiger partial charge in [-0.25, -0.2) is 0 Å². The lowest BCUT2D eigenvalue weighted by molar-refractivity contribution is -0.107. The summed E-state index contributed by atoms with van der Waals surface area (Å²) in [5, 5.41) is 0. The number of hydrogen-bond acceptors (Lipinski definition) is 1. The van der Waals surface area contributed by atoms with E-state index in [0.717, 1.165) is 25.5 Å². The quantitative estimate of drug-likeness (QED) is 0.347. The summed E-state index contributed by atoms with van der Waals surface area (Å²) in [4.78, 5) is 10.1. The Morgan fingerprint density at radius 3 is 2.77 bits per heavy atom. The maximum Gasteiger partial charge on any atom is 0.119 e. The van der Waals surface area contributed by atoms with Gasteiger partial charge in [0.1, 0.15) is 6.29 Å². The van der Waals surface area contributed by atoms with E-state index >= 15 is 0 Å². The zero-order valence-electron chi connectivity index (χ0n) is 8.97. The van der Waals surface area contributed by atoms with E-state index in [1.54, 1.807) is 0 Å². The molecule has 0 aliphatic heterocycles. The average Bonchev–Trinajstić information content (AvgIpc) is 2.14. The van der Waals surface area contributed by atoms with Crippen LogP contribution in [0.1, 0.15) is 46.5 Å². The van der Waals surface area contributed by atoms with E-state index in [9.17, 15) is 4.79 Å². The highest BCUT2D eigenvalue weighted by Gasteiger charge is 2.02. The molecular weight excluding hydrogens is 160 g/mol. The lowest BCUT2D eigenvalue weighted by atomic mass is 9.97. The highest BCUT2D eigenvalue weighted by molar-refractivity contribution is 5.48. The van der Waals surface area contributed by atoms with Gasteiger partial charge >= 0.3 is 0 Å². The summed E-state index contributed by atoms with van der Waals surface area (Å²) in [6, 6.07) is 0. The standard InChI is InChI=1S/C12H20O/c1-4-5-8-11(2)12(3)9-6-7-10-13/h5,10,12H,4,6-7,9H2,1-3H3. The van der Waals surface area contributed by atoms with Crippen molar-refractivity contribution >= 4 is 6.29 Å². The SMILES string of the molecule is CCC=C=C(C)C(C)CCCC=O. The molecule has 0 fully saturated rings. The van der Waals surface area contributed by atoms with Gasteiger partial charge in [0.2, 0.25) is 0 Å². The lowest BCUT2D eigenvalue weighted by Crippen LogP contribution is -1.95. The van der Waals surface area contributed by atoms with Crippen LogP contribution in [0.2, 0.25) is 0 Å². The second-order valence-corrected chi connectivity index (χ2v) is 3.44. The topological polar surface area (TPSA) is 17.1 Å². The minimum Gasteiger partial charge on any atom is -0.303 e. The molecule has 0 amide bonds. The number of carbonyl (C=O) groups is 1. The van der Waals surface area contributed by atoms with Crippen LogP contribution in [0.25, 0.3) is 0 Å². The second-order valence-electron chi connectivity index (χ2n) is 3.44. The van der Waals surface area contributed by atoms with Gasteiger partial charge in [-0.15, -0.1) is 5.73 Å². The van der Waals surface area contributed by atoms with Crippen molar-refractivity contribution in [2.45, 2.75) is 46.5 Å². The van der Waals surface area contributed by atoms with Gasteiger partial charge < -0.3 is 4.79 Å². The van der Waals surface area contributed by atoms with E-state index in [2.05, 4.69) is 32.6 Å². The van der Waals surface area contributed by atoms with Crippen molar-refractivity contribution in [1.29, 1.82) is 0 Å². The van der Waals surface area contributed by atoms with Crippen LogP contribution in [0, 0.1) is 5.92 Å². The van der Waals surface area contributed by atoms with Gasteiger partial charge in [-0.2, -0.15) is 0 Å². The third-order valence-corrected chi connectivity index (χ3v) is 2.23. The number of rotatable bonds is 6. The summed E-state index contributed by atoms with van der Waals surface area (Å²) >= 11 is 0. The Labute approximate surface area is 81.5 Å².